The quantitative estimate of drug-likeness (QED) is 0.0977. The van der Waals surface area contributed by atoms with Crippen LogP contribution in [0.3, 0.4) is 0 Å². The number of halogens is 4. The first-order valence-electron chi connectivity index (χ1n) is 21.7. The number of Topliss-reactive ketones (excluding diaryl/α,β-unsaturated/α-hetero) is 2. The number of carbonyl (C=O) groups excluding carboxylic acids is 5. The lowest BCUT2D eigenvalue weighted by Crippen LogP contribution is -2.48. The maximum Gasteiger partial charge on any atom is 0.320 e. The van der Waals surface area contributed by atoms with E-state index in [1.165, 1.54) is 23.1 Å². The molecule has 0 atom stereocenters. The molecule has 0 unspecified atom stereocenters. The molecule has 2 heterocycles. The molecule has 5 amide bonds. The first kappa shape index (κ1) is 51.4. The normalized spacial score (nSPS) is 13.6. The summed E-state index contributed by atoms with van der Waals surface area (Å²) in [5.41, 5.74) is 7.90. The van der Waals surface area contributed by atoms with Gasteiger partial charge >= 0.3 is 18.5 Å². The van der Waals surface area contributed by atoms with Crippen LogP contribution in [0.15, 0.2) is 84.9 Å². The maximum atomic E-state index is 14.9. The number of nitrogens with zero attached hydrogens (tertiary/aromatic N) is 4. The van der Waals surface area contributed by atoms with Gasteiger partial charge in [-0.15, -0.1) is 0 Å². The lowest BCUT2D eigenvalue weighted by atomic mass is 10.1. The van der Waals surface area contributed by atoms with Crippen LogP contribution in [0.25, 0.3) is 0 Å². The molecule has 2 aliphatic heterocycles. The van der Waals surface area contributed by atoms with E-state index in [0.29, 0.717) is 83.3 Å². The van der Waals surface area contributed by atoms with Crippen molar-refractivity contribution in [1.29, 1.82) is 0 Å². The standard InChI is InChI=1S/C25H28F3N3O5.C23H28FN3O4/c1-35-22-5-3-2-4-17(22)8-9-31(25(34)30-10-12-36-13-11-30)16-19-7-6-18(14-20(19)26)21(32)15-29-24(33)23(27)28;1-30-22-5-3-2-4-17(22)8-9-27(23(29)26-10-12-31-13-11-26)16-19-7-6-18(14-20(19)24)21(28)15-25/h2-7,14,23H,8-13,15-16H2,1H3,(H,29,33);2-7,14H,8-13,15-16,25H2,1H3. The van der Waals surface area contributed by atoms with Gasteiger partial charge in [0.15, 0.2) is 11.6 Å². The van der Waals surface area contributed by atoms with Gasteiger partial charge in [-0.3, -0.25) is 14.4 Å². The number of urea groups is 2. The number of alkyl halides is 2. The monoisotopic (exact) mass is 936 g/mol. The number of nitrogens with two attached hydrogens (primary N) is 1. The van der Waals surface area contributed by atoms with Crippen molar-refractivity contribution in [2.75, 3.05) is 93.0 Å². The minimum absolute atomic E-state index is 0.0479. The molecule has 15 nitrogen and oxygen atoms in total. The van der Waals surface area contributed by atoms with E-state index in [1.54, 1.807) is 46.4 Å². The highest BCUT2D eigenvalue weighted by atomic mass is 19.3. The number of carbonyl (C=O) groups is 5. The third-order valence-corrected chi connectivity index (χ3v) is 11.1. The Hall–Kier alpha value is -6.57. The maximum absolute atomic E-state index is 14.9. The molecular formula is C48H56F4N6O9. The van der Waals surface area contributed by atoms with E-state index in [-0.39, 0.29) is 60.7 Å². The molecule has 2 saturated heterocycles. The SMILES string of the molecule is COc1ccccc1CCN(Cc1ccc(C(=O)CN)cc1F)C(=O)N1CCOCC1.COc1ccccc1CCN(Cc1ccc(C(=O)CNC(=O)C(F)F)cc1F)C(=O)N1CCOCC1. The van der Waals surface area contributed by atoms with Gasteiger partial charge in [-0.1, -0.05) is 60.7 Å². The van der Waals surface area contributed by atoms with Gasteiger partial charge in [-0.05, 0) is 48.2 Å². The van der Waals surface area contributed by atoms with Crippen LogP contribution in [0.1, 0.15) is 43.0 Å². The number of ether oxygens (including phenoxy) is 4. The average Bonchev–Trinajstić information content (AvgIpc) is 3.36. The molecule has 67 heavy (non-hydrogen) atoms. The second kappa shape index (κ2) is 25.9. The van der Waals surface area contributed by atoms with Crippen molar-refractivity contribution in [3.05, 3.63) is 130 Å². The molecule has 360 valence electrons. The molecule has 0 aliphatic carbocycles. The molecule has 4 aromatic carbocycles. The molecule has 0 spiro atoms. The minimum Gasteiger partial charge on any atom is -0.496 e. The zero-order chi connectivity index (χ0) is 48.3. The number of rotatable bonds is 18. The molecule has 2 aliphatic rings. The van der Waals surface area contributed by atoms with Gasteiger partial charge in [-0.2, -0.15) is 8.78 Å². The zero-order valence-electron chi connectivity index (χ0n) is 37.5. The fraction of sp³-hybridized carbons (Fsp3) is 0.396. The number of para-hydroxylation sites is 2. The van der Waals surface area contributed by atoms with E-state index in [4.69, 9.17) is 24.7 Å². The van der Waals surface area contributed by atoms with Gasteiger partial charge in [0.2, 0.25) is 0 Å². The number of hydrogen-bond acceptors (Lipinski definition) is 10. The van der Waals surface area contributed by atoms with Crippen LogP contribution in [0.4, 0.5) is 27.2 Å². The summed E-state index contributed by atoms with van der Waals surface area (Å²) in [7, 11) is 3.17. The number of benzene rings is 4. The van der Waals surface area contributed by atoms with Gasteiger partial charge in [0, 0.05) is 61.5 Å². The van der Waals surface area contributed by atoms with Crippen LogP contribution < -0.4 is 20.5 Å². The van der Waals surface area contributed by atoms with Crippen LogP contribution in [0, 0.1) is 11.6 Å². The fourth-order valence-electron chi connectivity index (χ4n) is 7.30. The largest absolute Gasteiger partial charge is 0.496 e. The van der Waals surface area contributed by atoms with E-state index in [1.807, 2.05) is 48.5 Å². The molecule has 0 radical (unpaired) electrons. The van der Waals surface area contributed by atoms with Crippen LogP contribution in [-0.4, -0.2) is 149 Å². The summed E-state index contributed by atoms with van der Waals surface area (Å²) in [6.07, 6.45) is -2.21. The minimum atomic E-state index is -3.25. The van der Waals surface area contributed by atoms with Gasteiger partial charge in [-0.25, -0.2) is 18.4 Å². The molecule has 0 saturated carbocycles. The fourth-order valence-corrected chi connectivity index (χ4v) is 7.30. The number of morpholine rings is 2. The molecule has 4 aromatic rings. The van der Waals surface area contributed by atoms with Gasteiger partial charge < -0.3 is 49.6 Å². The summed E-state index contributed by atoms with van der Waals surface area (Å²) >= 11 is 0. The van der Waals surface area contributed by atoms with E-state index in [9.17, 15) is 41.5 Å². The Bertz CT molecular complexity index is 2310. The Morgan fingerprint density at radius 1 is 0.642 bits per heavy atom. The average molecular weight is 937 g/mol. The van der Waals surface area contributed by atoms with Crippen LogP contribution >= 0.6 is 0 Å². The van der Waals surface area contributed by atoms with Crippen molar-refractivity contribution >= 4 is 29.5 Å². The van der Waals surface area contributed by atoms with Gasteiger partial charge in [0.05, 0.1) is 66.8 Å². The van der Waals surface area contributed by atoms with Gasteiger partial charge in [0.1, 0.15) is 23.1 Å². The summed E-state index contributed by atoms with van der Waals surface area (Å²) in [4.78, 5) is 67.9. The summed E-state index contributed by atoms with van der Waals surface area (Å²) in [5, 5.41) is 1.80. The predicted molar refractivity (Wildman–Crippen MR) is 239 cm³/mol. The highest BCUT2D eigenvalue weighted by molar-refractivity contribution is 5.99. The number of amides is 5. The third kappa shape index (κ3) is 15.0. The van der Waals surface area contributed by atoms with E-state index >= 15 is 0 Å². The van der Waals surface area contributed by atoms with Crippen molar-refractivity contribution < 1.29 is 60.5 Å². The molecule has 3 N–H and O–H groups in total. The molecule has 19 heteroatoms. The predicted octanol–water partition coefficient (Wildman–Crippen LogP) is 5.37. The molecular weight excluding hydrogens is 881 g/mol. The second-order valence-electron chi connectivity index (χ2n) is 15.4. The van der Waals surface area contributed by atoms with E-state index in [0.717, 1.165) is 22.9 Å². The lowest BCUT2D eigenvalue weighted by molar-refractivity contribution is -0.131. The summed E-state index contributed by atoms with van der Waals surface area (Å²) in [6.45, 7) is 3.49. The smallest absolute Gasteiger partial charge is 0.320 e. The first-order chi connectivity index (χ1) is 32.3. The molecule has 0 aromatic heterocycles. The Kier molecular flexibility index (Phi) is 19.9. The Labute approximate surface area is 386 Å². The highest BCUT2D eigenvalue weighted by Crippen LogP contribution is 2.23. The number of ketones is 2. The van der Waals surface area contributed by atoms with Crippen molar-refractivity contribution in [2.24, 2.45) is 5.73 Å². The Morgan fingerprint density at radius 3 is 1.45 bits per heavy atom. The molecule has 6 rings (SSSR count). The van der Waals surface area contributed by atoms with Crippen LogP contribution in [0.2, 0.25) is 0 Å². The summed E-state index contributed by atoms with van der Waals surface area (Å²) in [5.74, 6) is -2.45. The van der Waals surface area contributed by atoms with Crippen molar-refractivity contribution in [3.8, 4) is 11.5 Å². The van der Waals surface area contributed by atoms with E-state index < -0.39 is 36.3 Å². The molecule has 0 bridgehead atoms. The van der Waals surface area contributed by atoms with Crippen molar-refractivity contribution in [1.82, 2.24) is 24.9 Å². The molecule has 2 fully saturated rings. The topological polar surface area (TPSA) is 173 Å². The Balaban J connectivity index is 0.000000254. The number of methoxy groups -OCH3 is 2. The third-order valence-electron chi connectivity index (χ3n) is 11.1. The summed E-state index contributed by atoms with van der Waals surface area (Å²) in [6, 6.07) is 22.6. The lowest BCUT2D eigenvalue weighted by Gasteiger charge is -2.33. The van der Waals surface area contributed by atoms with Crippen molar-refractivity contribution in [3.63, 3.8) is 0 Å². The van der Waals surface area contributed by atoms with Gasteiger partial charge in [0.25, 0.3) is 5.91 Å². The Morgan fingerprint density at radius 2 is 1.06 bits per heavy atom. The number of hydrogen-bond donors (Lipinski definition) is 2. The highest BCUT2D eigenvalue weighted by Gasteiger charge is 2.27. The second-order valence-corrected chi connectivity index (χ2v) is 15.4. The zero-order valence-corrected chi connectivity index (χ0v) is 37.5. The van der Waals surface area contributed by atoms with Crippen molar-refractivity contribution in [2.45, 2.75) is 32.4 Å². The van der Waals surface area contributed by atoms with Crippen LogP contribution in [0.5, 0.6) is 11.5 Å². The summed E-state index contributed by atoms with van der Waals surface area (Å²) < 4.78 is 75.7. The van der Waals surface area contributed by atoms with E-state index in [2.05, 4.69) is 0 Å². The van der Waals surface area contributed by atoms with Crippen LogP contribution in [-0.2, 0) is 40.2 Å². The number of nitrogens with one attached hydrogen (secondary N) is 1. The first-order valence-corrected chi connectivity index (χ1v) is 21.7.